The summed E-state index contributed by atoms with van der Waals surface area (Å²) in [5.74, 6) is -1.56. The molecule has 4 N–H and O–H groups in total. The molecule has 2 aliphatic carbocycles. The van der Waals surface area contributed by atoms with Gasteiger partial charge in [-0.1, -0.05) is 0 Å². The SMILES string of the molecule is N#C[C@@H]1C[C@@H]2C[C@@H]2N1C(=O)CNC(=O)c1ccnc2ccc(OCC3CC4(C3)CN(CC3CCN(C(=O)CN5CCN(CC(=O)O)CCN(CC(=O)O)CCN(CC(=O)O)CC5)CC3)C4)cc12. The number of nitriles is 1. The monoisotopic (exact) mass is 928 g/mol. The molecule has 1 aromatic heterocycles. The van der Waals surface area contributed by atoms with Crippen LogP contribution in [0.2, 0.25) is 0 Å². The number of aromatic nitrogens is 1. The molecule has 4 saturated heterocycles. The average molecular weight is 929 g/mol. The molecule has 0 unspecified atom stereocenters. The number of likely N-dealkylation sites (tertiary alicyclic amines) is 3. The van der Waals surface area contributed by atoms with E-state index in [0.29, 0.717) is 124 Å². The first-order valence-corrected chi connectivity index (χ1v) is 23.8. The zero-order chi connectivity index (χ0) is 47.2. The number of carbonyl (C=O) groups is 6. The molecule has 2 saturated carbocycles. The van der Waals surface area contributed by atoms with Gasteiger partial charge >= 0.3 is 17.9 Å². The van der Waals surface area contributed by atoms with E-state index in [1.165, 1.54) is 0 Å². The minimum absolute atomic E-state index is 0.0119. The fourth-order valence-corrected chi connectivity index (χ4v) is 11.3. The number of hydrogen-bond donors (Lipinski definition) is 4. The number of carboxylic acid groups (broad SMARTS) is 3. The van der Waals surface area contributed by atoms with Gasteiger partial charge in [0, 0.05) is 103 Å². The second-order valence-corrected chi connectivity index (χ2v) is 19.8. The number of ether oxygens (including phenoxy) is 1. The number of pyridine rings is 1. The molecule has 67 heavy (non-hydrogen) atoms. The predicted molar refractivity (Wildman–Crippen MR) is 242 cm³/mol. The van der Waals surface area contributed by atoms with E-state index >= 15 is 0 Å². The molecule has 5 heterocycles. The maximum absolute atomic E-state index is 13.7. The van der Waals surface area contributed by atoms with Crippen LogP contribution in [-0.4, -0.2) is 227 Å². The Kier molecular flexibility index (Phi) is 15.2. The standard InChI is InChI=1S/C47H64N10O10/c48-22-35-17-34-18-40(34)57(35)41(58)23-50-46(66)37-3-6-49-39-2-1-36(19-38(37)39)67-29-33-20-47(21-33)30-55(31-47)24-32-4-7-56(8-5-32)42(59)25-51-9-11-52(26-43(60)61)13-15-54(28-45(64)65)16-14-53(12-10-51)27-44(62)63/h1-3,6,19,32-35,40H,4-5,7-18,20-21,23-31H2,(H,50,66)(H,60,61)(H,62,63)(H,64,65)/t34-,35+,40+/m1/s1. The lowest BCUT2D eigenvalue weighted by Gasteiger charge is -2.60. The third kappa shape index (κ3) is 12.4. The Morgan fingerprint density at radius 3 is 1.88 bits per heavy atom. The van der Waals surface area contributed by atoms with Gasteiger partial charge in [-0.05, 0) is 86.0 Å². The van der Waals surface area contributed by atoms with E-state index in [2.05, 4.69) is 21.3 Å². The van der Waals surface area contributed by atoms with Gasteiger partial charge < -0.3 is 40.1 Å². The Hall–Kier alpha value is -5.46. The predicted octanol–water partition coefficient (Wildman–Crippen LogP) is 0.282. The summed E-state index contributed by atoms with van der Waals surface area (Å²) in [5.41, 5.74) is 1.39. The highest BCUT2D eigenvalue weighted by molar-refractivity contribution is 6.07. The summed E-state index contributed by atoms with van der Waals surface area (Å²) in [6, 6.07) is 9.12. The van der Waals surface area contributed by atoms with E-state index in [9.17, 15) is 49.3 Å². The highest BCUT2D eigenvalue weighted by atomic mass is 16.5. The molecule has 1 spiro atoms. The largest absolute Gasteiger partial charge is 0.493 e. The van der Waals surface area contributed by atoms with Crippen molar-refractivity contribution in [1.29, 1.82) is 5.26 Å². The molecule has 4 aliphatic heterocycles. The fourth-order valence-electron chi connectivity index (χ4n) is 11.3. The average Bonchev–Trinajstić information content (AvgIpc) is 3.93. The number of rotatable bonds is 16. The lowest BCUT2D eigenvalue weighted by atomic mass is 9.58. The number of piperidine rings is 2. The Morgan fingerprint density at radius 2 is 1.31 bits per heavy atom. The van der Waals surface area contributed by atoms with E-state index in [-0.39, 0.29) is 56.5 Å². The van der Waals surface area contributed by atoms with Crippen LogP contribution < -0.4 is 10.1 Å². The van der Waals surface area contributed by atoms with Crippen molar-refractivity contribution >= 4 is 46.5 Å². The molecule has 20 nitrogen and oxygen atoms in total. The lowest BCUT2D eigenvalue weighted by Crippen LogP contribution is -2.63. The highest BCUT2D eigenvalue weighted by Crippen LogP contribution is 2.52. The molecule has 3 amide bonds. The first-order chi connectivity index (χ1) is 32.2. The number of hydrogen-bond acceptors (Lipinski definition) is 14. The Balaban J connectivity index is 0.749. The molecule has 6 aliphatic rings. The Bertz CT molecular complexity index is 2170. The second-order valence-electron chi connectivity index (χ2n) is 19.8. The summed E-state index contributed by atoms with van der Waals surface area (Å²) in [6.07, 6.45) is 7.25. The number of carbonyl (C=O) groups excluding carboxylic acids is 3. The number of nitrogens with one attached hydrogen (secondary N) is 1. The van der Waals surface area contributed by atoms with Crippen LogP contribution in [0.15, 0.2) is 30.5 Å². The van der Waals surface area contributed by atoms with Crippen LogP contribution in [0.5, 0.6) is 5.75 Å². The molecule has 3 atom stereocenters. The van der Waals surface area contributed by atoms with Crippen LogP contribution in [0.4, 0.5) is 0 Å². The Morgan fingerprint density at radius 1 is 0.731 bits per heavy atom. The van der Waals surface area contributed by atoms with Gasteiger partial charge in [0.25, 0.3) is 5.91 Å². The number of fused-ring (bicyclic) bond motifs is 2. The maximum Gasteiger partial charge on any atom is 0.317 e. The fraction of sp³-hybridized carbons (Fsp3) is 0.660. The van der Waals surface area contributed by atoms with Gasteiger partial charge in [-0.2, -0.15) is 5.26 Å². The van der Waals surface area contributed by atoms with Crippen LogP contribution in [0.3, 0.4) is 0 Å². The summed E-state index contributed by atoms with van der Waals surface area (Å²) in [7, 11) is 0. The minimum Gasteiger partial charge on any atom is -0.493 e. The summed E-state index contributed by atoms with van der Waals surface area (Å²) < 4.78 is 6.26. The summed E-state index contributed by atoms with van der Waals surface area (Å²) in [4.78, 5) is 92.4. The van der Waals surface area contributed by atoms with Crippen LogP contribution in [0.25, 0.3) is 10.9 Å². The quantitative estimate of drug-likeness (QED) is 0.177. The third-order valence-electron chi connectivity index (χ3n) is 14.8. The summed E-state index contributed by atoms with van der Waals surface area (Å²) in [6.45, 7) is 7.28. The van der Waals surface area contributed by atoms with E-state index < -0.39 is 23.9 Å². The van der Waals surface area contributed by atoms with E-state index in [1.807, 2.05) is 28.0 Å². The molecule has 20 heteroatoms. The van der Waals surface area contributed by atoms with Crippen LogP contribution in [0.1, 0.15) is 48.9 Å². The molecule has 362 valence electrons. The minimum atomic E-state index is -1.01. The molecule has 6 fully saturated rings. The maximum atomic E-state index is 13.7. The van der Waals surface area contributed by atoms with Gasteiger partial charge in [-0.3, -0.25) is 53.4 Å². The molecule has 8 rings (SSSR count). The van der Waals surface area contributed by atoms with Gasteiger partial charge in [0.15, 0.2) is 0 Å². The van der Waals surface area contributed by atoms with Gasteiger partial charge in [0.2, 0.25) is 11.8 Å². The van der Waals surface area contributed by atoms with Crippen LogP contribution in [0, 0.1) is 34.5 Å². The lowest BCUT2D eigenvalue weighted by molar-refractivity contribution is -0.141. The molecule has 1 aromatic carbocycles. The smallest absolute Gasteiger partial charge is 0.317 e. The third-order valence-corrected chi connectivity index (χ3v) is 14.8. The van der Waals surface area contributed by atoms with Crippen molar-refractivity contribution in [3.63, 3.8) is 0 Å². The first kappa shape index (κ1) is 48.0. The zero-order valence-corrected chi connectivity index (χ0v) is 38.2. The van der Waals surface area contributed by atoms with Gasteiger partial charge in [-0.15, -0.1) is 0 Å². The van der Waals surface area contributed by atoms with Crippen LogP contribution >= 0.6 is 0 Å². The highest BCUT2D eigenvalue weighted by Gasteiger charge is 2.54. The zero-order valence-electron chi connectivity index (χ0n) is 38.2. The summed E-state index contributed by atoms with van der Waals surface area (Å²) >= 11 is 0. The number of benzene rings is 1. The topological polar surface area (TPSA) is 244 Å². The molecular weight excluding hydrogens is 865 g/mol. The number of aliphatic carboxylic acids is 3. The summed E-state index contributed by atoms with van der Waals surface area (Å²) in [5, 5.41) is 41.4. The second kappa shape index (κ2) is 21.2. The van der Waals surface area contributed by atoms with Crippen molar-refractivity contribution in [2.45, 2.75) is 50.6 Å². The van der Waals surface area contributed by atoms with Crippen LogP contribution in [-0.2, 0) is 24.0 Å². The number of amides is 3. The molecular formula is C47H64N10O10. The van der Waals surface area contributed by atoms with Crippen molar-refractivity contribution in [1.82, 2.24) is 44.6 Å². The van der Waals surface area contributed by atoms with Gasteiger partial charge in [-0.25, -0.2) is 0 Å². The first-order valence-electron chi connectivity index (χ1n) is 23.8. The van der Waals surface area contributed by atoms with E-state index in [4.69, 9.17) is 4.74 Å². The van der Waals surface area contributed by atoms with Crippen molar-refractivity contribution in [2.24, 2.45) is 23.2 Å². The molecule has 0 bridgehead atoms. The normalized spacial score (nSPS) is 24.7. The van der Waals surface area contributed by atoms with Gasteiger partial charge in [0.05, 0.1) is 56.5 Å². The van der Waals surface area contributed by atoms with E-state index in [1.54, 1.807) is 31.9 Å². The Labute approximate surface area is 390 Å². The molecule has 2 aromatic rings. The molecule has 0 radical (unpaired) electrons. The van der Waals surface area contributed by atoms with Crippen molar-refractivity contribution < 1.29 is 48.8 Å². The van der Waals surface area contributed by atoms with Crippen molar-refractivity contribution in [2.75, 3.05) is 124 Å². The van der Waals surface area contributed by atoms with Crippen molar-refractivity contribution in [3.8, 4) is 11.8 Å². The van der Waals surface area contributed by atoms with Gasteiger partial charge in [0.1, 0.15) is 11.8 Å². The van der Waals surface area contributed by atoms with Crippen molar-refractivity contribution in [3.05, 3.63) is 36.0 Å². The van der Waals surface area contributed by atoms with E-state index in [0.717, 1.165) is 51.7 Å². The number of nitrogens with zero attached hydrogens (tertiary/aromatic N) is 9. The number of carboxylic acids is 3.